The zero-order valence-corrected chi connectivity index (χ0v) is 10.5. The molecule has 1 unspecified atom stereocenters. The van der Waals surface area contributed by atoms with Crippen LogP contribution in [0.5, 0.6) is 0 Å². The smallest absolute Gasteiger partial charge is 0.271 e. The minimum Gasteiger partial charge on any atom is -0.324 e. The molecule has 18 heavy (non-hydrogen) atoms. The second-order valence-electron chi connectivity index (χ2n) is 4.43. The summed E-state index contributed by atoms with van der Waals surface area (Å²) in [7, 11) is 0. The van der Waals surface area contributed by atoms with Gasteiger partial charge in [0.05, 0.1) is 10.5 Å². The Bertz CT molecular complexity index is 458. The van der Waals surface area contributed by atoms with Crippen LogP contribution in [0, 0.1) is 10.1 Å². The summed E-state index contributed by atoms with van der Waals surface area (Å²) in [6, 6.07) is 5.78. The number of non-ortho nitro benzene ring substituents is 1. The third-order valence-corrected chi connectivity index (χ3v) is 2.60. The van der Waals surface area contributed by atoms with Crippen molar-refractivity contribution in [2.75, 3.05) is 5.32 Å². The Labute approximate surface area is 105 Å². The molecule has 1 aromatic carbocycles. The van der Waals surface area contributed by atoms with Crippen molar-refractivity contribution in [3.8, 4) is 0 Å². The Morgan fingerprint density at radius 3 is 2.78 bits per heavy atom. The topological polar surface area (TPSA) is 98.3 Å². The maximum atomic E-state index is 11.9. The Kier molecular flexibility index (Phi) is 4.38. The zero-order valence-electron chi connectivity index (χ0n) is 10.5. The number of nitro groups is 1. The molecule has 6 nitrogen and oxygen atoms in total. The van der Waals surface area contributed by atoms with E-state index < -0.39 is 10.5 Å². The maximum Gasteiger partial charge on any atom is 0.271 e. The predicted octanol–water partition coefficient (Wildman–Crippen LogP) is 2.05. The average molecular weight is 251 g/mol. The molecular weight excluding hydrogens is 234 g/mol. The number of nitrogens with two attached hydrogens (primary N) is 1. The van der Waals surface area contributed by atoms with Crippen LogP contribution in [0.15, 0.2) is 24.3 Å². The van der Waals surface area contributed by atoms with E-state index in [1.807, 2.05) is 6.92 Å². The molecule has 6 heteroatoms. The van der Waals surface area contributed by atoms with E-state index in [1.165, 1.54) is 18.2 Å². The number of carbonyl (C=O) groups is 1. The normalized spacial score (nSPS) is 13.7. The number of rotatable bonds is 5. The van der Waals surface area contributed by atoms with Crippen molar-refractivity contribution < 1.29 is 9.72 Å². The van der Waals surface area contributed by atoms with Crippen molar-refractivity contribution in [2.45, 2.75) is 32.2 Å². The molecule has 0 saturated carbocycles. The number of hydrogen-bond donors (Lipinski definition) is 2. The minimum absolute atomic E-state index is 0.0676. The summed E-state index contributed by atoms with van der Waals surface area (Å²) < 4.78 is 0. The highest BCUT2D eigenvalue weighted by atomic mass is 16.6. The fourth-order valence-corrected chi connectivity index (χ4v) is 1.60. The van der Waals surface area contributed by atoms with Gasteiger partial charge in [0.25, 0.3) is 5.69 Å². The molecule has 0 bridgehead atoms. The largest absolute Gasteiger partial charge is 0.324 e. The van der Waals surface area contributed by atoms with Crippen LogP contribution in [-0.2, 0) is 4.79 Å². The molecule has 0 aliphatic rings. The lowest BCUT2D eigenvalue weighted by Gasteiger charge is -2.22. The Balaban J connectivity index is 2.82. The van der Waals surface area contributed by atoms with E-state index in [2.05, 4.69) is 5.32 Å². The van der Waals surface area contributed by atoms with Crippen LogP contribution in [0.2, 0.25) is 0 Å². The number of carbonyl (C=O) groups excluding carboxylic acids is 1. The SMILES string of the molecule is CCCC(C)(N)C(=O)Nc1cccc([N+](=O)[O-])c1. The van der Waals surface area contributed by atoms with E-state index in [1.54, 1.807) is 13.0 Å². The number of nitrogens with one attached hydrogen (secondary N) is 1. The number of hydrogen-bond acceptors (Lipinski definition) is 4. The fourth-order valence-electron chi connectivity index (χ4n) is 1.60. The number of anilines is 1. The van der Waals surface area contributed by atoms with Crippen LogP contribution in [-0.4, -0.2) is 16.4 Å². The molecule has 1 amide bonds. The second kappa shape index (κ2) is 5.59. The number of benzene rings is 1. The predicted molar refractivity (Wildman–Crippen MR) is 69.2 cm³/mol. The Morgan fingerprint density at radius 2 is 2.22 bits per heavy atom. The summed E-state index contributed by atoms with van der Waals surface area (Å²) in [5.74, 6) is -0.343. The van der Waals surface area contributed by atoms with Gasteiger partial charge in [0.1, 0.15) is 0 Å². The summed E-state index contributed by atoms with van der Waals surface area (Å²) in [6.07, 6.45) is 1.34. The molecule has 3 N–H and O–H groups in total. The first kappa shape index (κ1) is 14.1. The minimum atomic E-state index is -0.973. The van der Waals surface area contributed by atoms with E-state index in [0.717, 1.165) is 6.42 Å². The van der Waals surface area contributed by atoms with Crippen molar-refractivity contribution in [2.24, 2.45) is 5.73 Å². The van der Waals surface area contributed by atoms with Crippen molar-refractivity contribution in [3.05, 3.63) is 34.4 Å². The maximum absolute atomic E-state index is 11.9. The van der Waals surface area contributed by atoms with E-state index in [4.69, 9.17) is 5.73 Å². The molecule has 1 rings (SSSR count). The van der Waals surface area contributed by atoms with Gasteiger partial charge in [0, 0.05) is 17.8 Å². The van der Waals surface area contributed by atoms with Gasteiger partial charge in [0.2, 0.25) is 5.91 Å². The monoisotopic (exact) mass is 251 g/mol. The molecule has 0 heterocycles. The first-order valence-electron chi connectivity index (χ1n) is 5.71. The number of amides is 1. The van der Waals surface area contributed by atoms with E-state index in [9.17, 15) is 14.9 Å². The summed E-state index contributed by atoms with van der Waals surface area (Å²) in [6.45, 7) is 3.58. The average Bonchev–Trinajstić information content (AvgIpc) is 2.29. The van der Waals surface area contributed by atoms with Gasteiger partial charge in [-0.05, 0) is 19.4 Å². The highest BCUT2D eigenvalue weighted by Crippen LogP contribution is 2.19. The van der Waals surface area contributed by atoms with E-state index >= 15 is 0 Å². The highest BCUT2D eigenvalue weighted by molar-refractivity contribution is 5.97. The van der Waals surface area contributed by atoms with E-state index in [-0.39, 0.29) is 11.6 Å². The molecule has 0 aliphatic carbocycles. The van der Waals surface area contributed by atoms with Gasteiger partial charge in [0.15, 0.2) is 0 Å². The van der Waals surface area contributed by atoms with Gasteiger partial charge in [-0.2, -0.15) is 0 Å². The van der Waals surface area contributed by atoms with Crippen molar-refractivity contribution >= 4 is 17.3 Å². The number of nitro benzene ring substituents is 1. The standard InChI is InChI=1S/C12H17N3O3/c1-3-7-12(2,13)11(16)14-9-5-4-6-10(8-9)15(17)18/h4-6,8H,3,7,13H2,1-2H3,(H,14,16). The van der Waals surface area contributed by atoms with Gasteiger partial charge in [-0.3, -0.25) is 14.9 Å². The molecule has 0 aromatic heterocycles. The van der Waals surface area contributed by atoms with Crippen LogP contribution in [0.3, 0.4) is 0 Å². The fraction of sp³-hybridized carbons (Fsp3) is 0.417. The molecule has 0 radical (unpaired) electrons. The molecule has 0 aliphatic heterocycles. The van der Waals surface area contributed by atoms with Gasteiger partial charge >= 0.3 is 0 Å². The molecule has 1 aromatic rings. The van der Waals surface area contributed by atoms with Gasteiger partial charge in [-0.25, -0.2) is 0 Å². The van der Waals surface area contributed by atoms with Crippen LogP contribution >= 0.6 is 0 Å². The van der Waals surface area contributed by atoms with Crippen LogP contribution in [0.4, 0.5) is 11.4 Å². The Hall–Kier alpha value is -1.95. The van der Waals surface area contributed by atoms with Crippen molar-refractivity contribution in [1.82, 2.24) is 0 Å². The first-order valence-corrected chi connectivity index (χ1v) is 5.71. The lowest BCUT2D eigenvalue weighted by molar-refractivity contribution is -0.384. The molecular formula is C12H17N3O3. The van der Waals surface area contributed by atoms with Gasteiger partial charge in [-0.15, -0.1) is 0 Å². The molecule has 1 atom stereocenters. The quantitative estimate of drug-likeness (QED) is 0.618. The second-order valence-corrected chi connectivity index (χ2v) is 4.43. The zero-order chi connectivity index (χ0) is 13.8. The molecule has 0 fully saturated rings. The first-order chi connectivity index (χ1) is 8.36. The van der Waals surface area contributed by atoms with Crippen LogP contribution in [0.25, 0.3) is 0 Å². The molecule has 0 spiro atoms. The van der Waals surface area contributed by atoms with Crippen LogP contribution in [0.1, 0.15) is 26.7 Å². The van der Waals surface area contributed by atoms with E-state index in [0.29, 0.717) is 12.1 Å². The Morgan fingerprint density at radius 1 is 1.56 bits per heavy atom. The number of nitrogens with zero attached hydrogens (tertiary/aromatic N) is 1. The summed E-state index contributed by atoms with van der Waals surface area (Å²) in [5.41, 5.74) is 5.21. The summed E-state index contributed by atoms with van der Waals surface area (Å²) >= 11 is 0. The van der Waals surface area contributed by atoms with Gasteiger partial charge in [-0.1, -0.05) is 19.4 Å². The summed E-state index contributed by atoms with van der Waals surface area (Å²) in [4.78, 5) is 22.0. The summed E-state index contributed by atoms with van der Waals surface area (Å²) in [5, 5.41) is 13.2. The van der Waals surface area contributed by atoms with Gasteiger partial charge < -0.3 is 11.1 Å². The van der Waals surface area contributed by atoms with Crippen LogP contribution < -0.4 is 11.1 Å². The third-order valence-electron chi connectivity index (χ3n) is 2.60. The lowest BCUT2D eigenvalue weighted by Crippen LogP contribution is -2.48. The highest BCUT2D eigenvalue weighted by Gasteiger charge is 2.27. The third kappa shape index (κ3) is 3.53. The lowest BCUT2D eigenvalue weighted by atomic mass is 9.96. The molecule has 0 saturated heterocycles. The molecule has 98 valence electrons. The van der Waals surface area contributed by atoms with Crippen molar-refractivity contribution in [1.29, 1.82) is 0 Å². The van der Waals surface area contributed by atoms with Crippen molar-refractivity contribution in [3.63, 3.8) is 0 Å².